The molecule has 1 aromatic carbocycles. The molecule has 1 atom stereocenters. The fourth-order valence-electron chi connectivity index (χ4n) is 4.15. The van der Waals surface area contributed by atoms with Crippen molar-refractivity contribution in [2.45, 2.75) is 32.6 Å². The standard InChI is InChI=1S/C18H23FN2O2/c1-12-5-6-13(9-15(12)19)17(23)21-10-14(16(22)20-2)18(11-21)7-3-4-8-18/h5-6,9,14H,3-4,7-8,10-11H2,1-2H3,(H,20,22). The van der Waals surface area contributed by atoms with Crippen LogP contribution in [0.1, 0.15) is 41.6 Å². The summed E-state index contributed by atoms with van der Waals surface area (Å²) < 4.78 is 13.7. The van der Waals surface area contributed by atoms with Gasteiger partial charge >= 0.3 is 0 Å². The maximum atomic E-state index is 13.7. The molecule has 1 saturated carbocycles. The lowest BCUT2D eigenvalue weighted by molar-refractivity contribution is -0.127. The zero-order valence-corrected chi connectivity index (χ0v) is 13.7. The molecule has 1 heterocycles. The number of hydrogen-bond donors (Lipinski definition) is 1. The molecule has 2 fully saturated rings. The van der Waals surface area contributed by atoms with E-state index in [2.05, 4.69) is 5.32 Å². The van der Waals surface area contributed by atoms with Crippen molar-refractivity contribution in [3.8, 4) is 0 Å². The van der Waals surface area contributed by atoms with Crippen LogP contribution in [-0.2, 0) is 4.79 Å². The van der Waals surface area contributed by atoms with E-state index in [4.69, 9.17) is 0 Å². The number of hydrogen-bond acceptors (Lipinski definition) is 2. The molecule has 1 aliphatic carbocycles. The Morgan fingerprint density at radius 1 is 1.30 bits per heavy atom. The van der Waals surface area contributed by atoms with Crippen LogP contribution >= 0.6 is 0 Å². The van der Waals surface area contributed by atoms with E-state index in [-0.39, 0.29) is 29.0 Å². The number of nitrogens with one attached hydrogen (secondary N) is 1. The van der Waals surface area contributed by atoms with Crippen LogP contribution < -0.4 is 5.32 Å². The van der Waals surface area contributed by atoms with Gasteiger partial charge in [0.15, 0.2) is 0 Å². The van der Waals surface area contributed by atoms with Gasteiger partial charge in [0.2, 0.25) is 5.91 Å². The van der Waals surface area contributed by atoms with Crippen molar-refractivity contribution in [3.63, 3.8) is 0 Å². The molecule has 124 valence electrons. The molecule has 0 aromatic heterocycles. The molecular weight excluding hydrogens is 295 g/mol. The number of benzene rings is 1. The summed E-state index contributed by atoms with van der Waals surface area (Å²) in [5, 5.41) is 2.74. The van der Waals surface area contributed by atoms with E-state index >= 15 is 0 Å². The molecule has 1 aliphatic heterocycles. The van der Waals surface area contributed by atoms with Gasteiger partial charge in [-0.05, 0) is 37.5 Å². The van der Waals surface area contributed by atoms with Crippen LogP contribution in [0.3, 0.4) is 0 Å². The first-order valence-electron chi connectivity index (χ1n) is 8.24. The predicted molar refractivity (Wildman–Crippen MR) is 85.5 cm³/mol. The van der Waals surface area contributed by atoms with Gasteiger partial charge in [-0.3, -0.25) is 9.59 Å². The van der Waals surface area contributed by atoms with Gasteiger partial charge in [0.1, 0.15) is 5.82 Å². The number of likely N-dealkylation sites (tertiary alicyclic amines) is 1. The first kappa shape index (κ1) is 16.0. The van der Waals surface area contributed by atoms with Crippen LogP contribution in [0.15, 0.2) is 18.2 Å². The number of carbonyl (C=O) groups excluding carboxylic acids is 2. The van der Waals surface area contributed by atoms with Crippen molar-refractivity contribution in [3.05, 3.63) is 35.1 Å². The van der Waals surface area contributed by atoms with Crippen LogP contribution in [0.25, 0.3) is 0 Å². The summed E-state index contributed by atoms with van der Waals surface area (Å²) in [6, 6.07) is 4.59. The molecule has 2 amide bonds. The maximum absolute atomic E-state index is 13.7. The van der Waals surface area contributed by atoms with Crippen LogP contribution in [0.2, 0.25) is 0 Å². The van der Waals surface area contributed by atoms with Crippen molar-refractivity contribution in [1.82, 2.24) is 10.2 Å². The summed E-state index contributed by atoms with van der Waals surface area (Å²) >= 11 is 0. The van der Waals surface area contributed by atoms with Crippen molar-refractivity contribution in [2.75, 3.05) is 20.1 Å². The Labute approximate surface area is 136 Å². The largest absolute Gasteiger partial charge is 0.359 e. The molecule has 1 saturated heterocycles. The van der Waals surface area contributed by atoms with Crippen molar-refractivity contribution >= 4 is 11.8 Å². The third-order valence-corrected chi connectivity index (χ3v) is 5.52. The summed E-state index contributed by atoms with van der Waals surface area (Å²) in [5.74, 6) is -0.693. The van der Waals surface area contributed by atoms with Crippen LogP contribution in [0, 0.1) is 24.1 Å². The highest BCUT2D eigenvalue weighted by atomic mass is 19.1. The number of amides is 2. The summed E-state index contributed by atoms with van der Waals surface area (Å²) in [4.78, 5) is 26.7. The lowest BCUT2D eigenvalue weighted by Crippen LogP contribution is -2.38. The van der Waals surface area contributed by atoms with E-state index < -0.39 is 0 Å². The molecule has 1 unspecified atom stereocenters. The lowest BCUT2D eigenvalue weighted by Gasteiger charge is -2.28. The molecule has 3 rings (SSSR count). The highest BCUT2D eigenvalue weighted by Gasteiger charge is 2.52. The quantitative estimate of drug-likeness (QED) is 0.911. The summed E-state index contributed by atoms with van der Waals surface area (Å²) in [7, 11) is 1.64. The zero-order valence-electron chi connectivity index (χ0n) is 13.7. The van der Waals surface area contributed by atoms with Gasteiger partial charge in [-0.15, -0.1) is 0 Å². The van der Waals surface area contributed by atoms with Gasteiger partial charge in [0.25, 0.3) is 5.91 Å². The van der Waals surface area contributed by atoms with Gasteiger partial charge in [0.05, 0.1) is 5.92 Å². The molecule has 1 spiro atoms. The van der Waals surface area contributed by atoms with E-state index in [0.717, 1.165) is 25.7 Å². The Bertz CT molecular complexity index is 638. The normalized spacial score (nSPS) is 22.6. The van der Waals surface area contributed by atoms with Crippen LogP contribution in [0.5, 0.6) is 0 Å². The highest BCUT2D eigenvalue weighted by Crippen LogP contribution is 2.49. The number of aryl methyl sites for hydroxylation is 1. The van der Waals surface area contributed by atoms with E-state index in [1.54, 1.807) is 31.0 Å². The molecule has 0 radical (unpaired) electrons. The molecule has 23 heavy (non-hydrogen) atoms. The maximum Gasteiger partial charge on any atom is 0.253 e. The zero-order chi connectivity index (χ0) is 16.6. The predicted octanol–water partition coefficient (Wildman–Crippen LogP) is 2.51. The molecular formula is C18H23FN2O2. The number of nitrogens with zero attached hydrogens (tertiary/aromatic N) is 1. The first-order chi connectivity index (χ1) is 11.0. The van der Waals surface area contributed by atoms with Gasteiger partial charge < -0.3 is 10.2 Å². The summed E-state index contributed by atoms with van der Waals surface area (Å²) in [6.07, 6.45) is 4.18. The van der Waals surface area contributed by atoms with Gasteiger partial charge in [-0.2, -0.15) is 0 Å². The van der Waals surface area contributed by atoms with Crippen molar-refractivity contribution in [1.29, 1.82) is 0 Å². The first-order valence-corrected chi connectivity index (χ1v) is 8.24. The Kier molecular flexibility index (Phi) is 4.13. The van der Waals surface area contributed by atoms with Gasteiger partial charge in [-0.1, -0.05) is 18.9 Å². The van der Waals surface area contributed by atoms with Crippen molar-refractivity contribution < 1.29 is 14.0 Å². The topological polar surface area (TPSA) is 49.4 Å². The minimum atomic E-state index is -0.367. The minimum Gasteiger partial charge on any atom is -0.359 e. The minimum absolute atomic E-state index is 0.0114. The number of halogens is 1. The Morgan fingerprint density at radius 3 is 2.61 bits per heavy atom. The van der Waals surface area contributed by atoms with E-state index in [9.17, 15) is 14.0 Å². The van der Waals surface area contributed by atoms with Crippen LogP contribution in [0.4, 0.5) is 4.39 Å². The molecule has 2 aliphatic rings. The monoisotopic (exact) mass is 318 g/mol. The third kappa shape index (κ3) is 2.73. The Balaban J connectivity index is 1.85. The second-order valence-corrected chi connectivity index (χ2v) is 6.89. The number of rotatable bonds is 2. The van der Waals surface area contributed by atoms with Gasteiger partial charge in [-0.25, -0.2) is 4.39 Å². The molecule has 0 bridgehead atoms. The van der Waals surface area contributed by atoms with Gasteiger partial charge in [0, 0.05) is 31.1 Å². The Hall–Kier alpha value is -1.91. The highest BCUT2D eigenvalue weighted by molar-refractivity contribution is 5.95. The lowest BCUT2D eigenvalue weighted by atomic mass is 9.76. The third-order valence-electron chi connectivity index (χ3n) is 5.52. The van der Waals surface area contributed by atoms with E-state index in [1.807, 2.05) is 0 Å². The fraction of sp³-hybridized carbons (Fsp3) is 0.556. The van der Waals surface area contributed by atoms with Crippen molar-refractivity contribution in [2.24, 2.45) is 11.3 Å². The average Bonchev–Trinajstić information content (AvgIpc) is 3.17. The number of carbonyl (C=O) groups is 2. The molecule has 5 heteroatoms. The second kappa shape index (κ2) is 5.95. The average molecular weight is 318 g/mol. The second-order valence-electron chi connectivity index (χ2n) is 6.89. The van der Waals surface area contributed by atoms with E-state index in [0.29, 0.717) is 24.2 Å². The van der Waals surface area contributed by atoms with Crippen LogP contribution in [-0.4, -0.2) is 36.9 Å². The molecule has 4 nitrogen and oxygen atoms in total. The summed E-state index contributed by atoms with van der Waals surface area (Å²) in [6.45, 7) is 2.70. The summed E-state index contributed by atoms with van der Waals surface area (Å²) in [5.41, 5.74) is 0.788. The molecule has 1 N–H and O–H groups in total. The fourth-order valence-corrected chi connectivity index (χ4v) is 4.15. The SMILES string of the molecule is CNC(=O)C1CN(C(=O)c2ccc(C)c(F)c2)CC12CCCC2. The smallest absolute Gasteiger partial charge is 0.253 e. The van der Waals surface area contributed by atoms with E-state index in [1.165, 1.54) is 6.07 Å². The Morgan fingerprint density at radius 2 is 2.00 bits per heavy atom. The molecule has 1 aromatic rings.